The van der Waals surface area contributed by atoms with Gasteiger partial charge >= 0.3 is 11.9 Å². The van der Waals surface area contributed by atoms with Gasteiger partial charge in [-0.1, -0.05) is 24.3 Å². The smallest absolute Gasteiger partial charge is 0.309 e. The van der Waals surface area contributed by atoms with E-state index in [4.69, 9.17) is 9.47 Å². The van der Waals surface area contributed by atoms with E-state index in [1.54, 1.807) is 24.3 Å². The van der Waals surface area contributed by atoms with Crippen LogP contribution < -0.4 is 0 Å². The SMILES string of the molecule is COC(=O)C(CC(=O)COC(=O)CCc1ccc(O)cc1)Cc1ccc(O)cc1. The number of ether oxygens (including phenoxy) is 2. The zero-order valence-electron chi connectivity index (χ0n) is 16.2. The highest BCUT2D eigenvalue weighted by Gasteiger charge is 2.23. The van der Waals surface area contributed by atoms with Gasteiger partial charge in [0.1, 0.15) is 18.1 Å². The first-order valence-electron chi connectivity index (χ1n) is 9.18. The maximum absolute atomic E-state index is 12.2. The Morgan fingerprint density at radius 1 is 0.897 bits per heavy atom. The molecule has 7 heteroatoms. The van der Waals surface area contributed by atoms with Crippen molar-refractivity contribution in [3.8, 4) is 11.5 Å². The second-order valence-corrected chi connectivity index (χ2v) is 6.66. The zero-order valence-corrected chi connectivity index (χ0v) is 16.2. The Morgan fingerprint density at radius 2 is 1.45 bits per heavy atom. The van der Waals surface area contributed by atoms with Crippen LogP contribution in [0.4, 0.5) is 0 Å². The predicted molar refractivity (Wildman–Crippen MR) is 104 cm³/mol. The standard InChI is InChI=1S/C22H24O7/c1-28-22(27)17(12-16-4-9-19(24)10-5-16)13-20(25)14-29-21(26)11-6-15-2-7-18(23)8-3-15/h2-5,7-10,17,23-24H,6,11-14H2,1H3. The van der Waals surface area contributed by atoms with Gasteiger partial charge in [0, 0.05) is 12.8 Å². The highest BCUT2D eigenvalue weighted by molar-refractivity contribution is 5.86. The fourth-order valence-electron chi connectivity index (χ4n) is 2.80. The van der Waals surface area contributed by atoms with Crippen LogP contribution >= 0.6 is 0 Å². The molecule has 1 atom stereocenters. The second kappa shape index (κ2) is 10.8. The Bertz CT molecular complexity index is 825. The minimum absolute atomic E-state index is 0.103. The van der Waals surface area contributed by atoms with E-state index < -0.39 is 24.5 Å². The van der Waals surface area contributed by atoms with Gasteiger partial charge in [-0.3, -0.25) is 14.4 Å². The number of hydrogen-bond acceptors (Lipinski definition) is 7. The van der Waals surface area contributed by atoms with Crippen molar-refractivity contribution in [3.05, 3.63) is 59.7 Å². The van der Waals surface area contributed by atoms with Crippen molar-refractivity contribution < 1.29 is 34.1 Å². The summed E-state index contributed by atoms with van der Waals surface area (Å²) >= 11 is 0. The van der Waals surface area contributed by atoms with Crippen LogP contribution in [0.3, 0.4) is 0 Å². The second-order valence-electron chi connectivity index (χ2n) is 6.66. The third-order valence-electron chi connectivity index (χ3n) is 4.38. The molecule has 0 amide bonds. The quantitative estimate of drug-likeness (QED) is 0.590. The van der Waals surface area contributed by atoms with Crippen LogP contribution in [-0.4, -0.2) is 41.7 Å². The highest BCUT2D eigenvalue weighted by atomic mass is 16.5. The van der Waals surface area contributed by atoms with Crippen molar-refractivity contribution in [1.29, 1.82) is 0 Å². The number of phenols is 2. The lowest BCUT2D eigenvalue weighted by Crippen LogP contribution is -2.24. The first-order chi connectivity index (χ1) is 13.9. The van der Waals surface area contributed by atoms with E-state index in [1.807, 2.05) is 0 Å². The third kappa shape index (κ3) is 7.65. The number of esters is 2. The summed E-state index contributed by atoms with van der Waals surface area (Å²) in [5, 5.41) is 18.6. The molecule has 7 nitrogen and oxygen atoms in total. The minimum atomic E-state index is -0.701. The van der Waals surface area contributed by atoms with Crippen LogP contribution in [0.1, 0.15) is 24.0 Å². The Morgan fingerprint density at radius 3 is 2.00 bits per heavy atom. The molecular formula is C22H24O7. The molecule has 0 aromatic heterocycles. The van der Waals surface area contributed by atoms with Crippen molar-refractivity contribution in [3.63, 3.8) is 0 Å². The summed E-state index contributed by atoms with van der Waals surface area (Å²) in [5.41, 5.74) is 1.64. The van der Waals surface area contributed by atoms with Crippen LogP contribution in [-0.2, 0) is 36.7 Å². The topological polar surface area (TPSA) is 110 Å². The van der Waals surface area contributed by atoms with Crippen LogP contribution in [0.5, 0.6) is 11.5 Å². The normalized spacial score (nSPS) is 11.5. The first-order valence-corrected chi connectivity index (χ1v) is 9.18. The highest BCUT2D eigenvalue weighted by Crippen LogP contribution is 2.18. The van der Waals surface area contributed by atoms with Crippen molar-refractivity contribution in [2.75, 3.05) is 13.7 Å². The summed E-state index contributed by atoms with van der Waals surface area (Å²) in [5.74, 6) is -1.86. The Kier molecular flexibility index (Phi) is 8.21. The molecular weight excluding hydrogens is 376 g/mol. The predicted octanol–water partition coefficient (Wildman–Crippen LogP) is 2.56. The van der Waals surface area contributed by atoms with Crippen molar-refractivity contribution in [2.45, 2.75) is 25.7 Å². The van der Waals surface area contributed by atoms with Crippen LogP contribution in [0.25, 0.3) is 0 Å². The van der Waals surface area contributed by atoms with E-state index in [9.17, 15) is 24.6 Å². The Hall–Kier alpha value is -3.35. The number of ketones is 1. The number of methoxy groups -OCH3 is 1. The molecule has 2 aromatic carbocycles. The summed E-state index contributed by atoms with van der Waals surface area (Å²) < 4.78 is 9.77. The van der Waals surface area contributed by atoms with E-state index in [2.05, 4.69) is 0 Å². The number of aromatic hydroxyl groups is 2. The van der Waals surface area contributed by atoms with Gasteiger partial charge in [0.15, 0.2) is 5.78 Å². The van der Waals surface area contributed by atoms with Gasteiger partial charge in [-0.25, -0.2) is 0 Å². The molecule has 0 bridgehead atoms. The van der Waals surface area contributed by atoms with E-state index >= 15 is 0 Å². The van der Waals surface area contributed by atoms with E-state index in [1.165, 1.54) is 31.4 Å². The van der Waals surface area contributed by atoms with Crippen molar-refractivity contribution in [2.24, 2.45) is 5.92 Å². The number of carbonyl (C=O) groups excluding carboxylic acids is 3. The van der Waals surface area contributed by atoms with Gasteiger partial charge in [-0.05, 0) is 48.2 Å². The fraction of sp³-hybridized carbons (Fsp3) is 0.318. The number of benzene rings is 2. The number of rotatable bonds is 10. The fourth-order valence-corrected chi connectivity index (χ4v) is 2.80. The van der Waals surface area contributed by atoms with Crippen molar-refractivity contribution >= 4 is 17.7 Å². The van der Waals surface area contributed by atoms with E-state index in [-0.39, 0.29) is 36.5 Å². The number of phenolic OH excluding ortho intramolecular Hbond substituents is 2. The summed E-state index contributed by atoms with van der Waals surface area (Å²) in [4.78, 5) is 36.0. The van der Waals surface area contributed by atoms with Crippen LogP contribution in [0.15, 0.2) is 48.5 Å². The van der Waals surface area contributed by atoms with Gasteiger partial charge < -0.3 is 19.7 Å². The minimum Gasteiger partial charge on any atom is -0.508 e. The molecule has 0 fully saturated rings. The maximum Gasteiger partial charge on any atom is 0.309 e. The molecule has 0 aliphatic rings. The van der Waals surface area contributed by atoms with Gasteiger partial charge in [0.05, 0.1) is 13.0 Å². The summed E-state index contributed by atoms with van der Waals surface area (Å²) in [7, 11) is 1.25. The average Bonchev–Trinajstić information content (AvgIpc) is 2.72. The molecule has 0 aliphatic heterocycles. The Balaban J connectivity index is 1.80. The van der Waals surface area contributed by atoms with Gasteiger partial charge in [-0.15, -0.1) is 0 Å². The average molecular weight is 400 g/mol. The van der Waals surface area contributed by atoms with E-state index in [0.29, 0.717) is 6.42 Å². The molecule has 0 saturated heterocycles. The van der Waals surface area contributed by atoms with Crippen LogP contribution in [0, 0.1) is 5.92 Å². The molecule has 0 aliphatic carbocycles. The lowest BCUT2D eigenvalue weighted by atomic mass is 9.94. The lowest BCUT2D eigenvalue weighted by molar-refractivity contribution is -0.150. The van der Waals surface area contributed by atoms with Crippen molar-refractivity contribution in [1.82, 2.24) is 0 Å². The molecule has 2 N–H and O–H groups in total. The molecule has 0 radical (unpaired) electrons. The lowest BCUT2D eigenvalue weighted by Gasteiger charge is -2.14. The molecule has 2 aromatic rings. The summed E-state index contributed by atoms with van der Waals surface area (Å²) in [6, 6.07) is 12.8. The number of aryl methyl sites for hydroxylation is 1. The maximum atomic E-state index is 12.2. The monoisotopic (exact) mass is 400 g/mol. The Labute approximate surface area is 168 Å². The van der Waals surface area contributed by atoms with Gasteiger partial charge in [0.25, 0.3) is 0 Å². The van der Waals surface area contributed by atoms with Crippen LogP contribution in [0.2, 0.25) is 0 Å². The molecule has 0 heterocycles. The molecule has 0 saturated carbocycles. The largest absolute Gasteiger partial charge is 0.508 e. The van der Waals surface area contributed by atoms with Gasteiger partial charge in [0.2, 0.25) is 0 Å². The first kappa shape index (κ1) is 21.9. The molecule has 29 heavy (non-hydrogen) atoms. The number of carbonyl (C=O) groups is 3. The van der Waals surface area contributed by atoms with E-state index in [0.717, 1.165) is 11.1 Å². The third-order valence-corrected chi connectivity index (χ3v) is 4.38. The molecule has 0 spiro atoms. The molecule has 1 unspecified atom stereocenters. The number of Topliss-reactive ketones (excluding diaryl/α,β-unsaturated/α-hetero) is 1. The number of hydrogen-bond donors (Lipinski definition) is 2. The zero-order chi connectivity index (χ0) is 21.2. The van der Waals surface area contributed by atoms with Gasteiger partial charge in [-0.2, -0.15) is 0 Å². The molecule has 2 rings (SSSR count). The summed E-state index contributed by atoms with van der Waals surface area (Å²) in [6.45, 7) is -0.405. The molecule has 154 valence electrons. The summed E-state index contributed by atoms with van der Waals surface area (Å²) in [6.07, 6.45) is 0.692.